The normalized spacial score (nSPS) is 28.7. The molecule has 1 aliphatic carbocycles. The highest BCUT2D eigenvalue weighted by Crippen LogP contribution is 2.46. The summed E-state index contributed by atoms with van der Waals surface area (Å²) in [5.74, 6) is 0. The van der Waals surface area contributed by atoms with E-state index in [1.165, 1.54) is 24.8 Å². The summed E-state index contributed by atoms with van der Waals surface area (Å²) in [7, 11) is -2.06. The Hall–Kier alpha value is 0.00688. The van der Waals surface area contributed by atoms with Crippen molar-refractivity contribution < 1.29 is 18.6 Å². The van der Waals surface area contributed by atoms with Crippen LogP contribution in [0, 0.1) is 0 Å². The molecule has 1 aliphatic heterocycles. The van der Waals surface area contributed by atoms with Gasteiger partial charge in [0.15, 0.2) is 14.6 Å². The molecule has 0 aromatic heterocycles. The molecule has 4 nitrogen and oxygen atoms in total. The Kier molecular flexibility index (Phi) is 8.83. The Morgan fingerprint density at radius 3 is 2.37 bits per heavy atom. The maximum absolute atomic E-state index is 6.66. The van der Waals surface area contributed by atoms with Crippen LogP contribution in [0.25, 0.3) is 0 Å². The quantitative estimate of drug-likeness (QED) is 0.213. The zero-order chi connectivity index (χ0) is 21.8. The van der Waals surface area contributed by atoms with Gasteiger partial charge in [-0.25, -0.2) is 0 Å². The maximum Gasteiger partial charge on any atom is 0.194 e. The molecule has 6 heteroatoms. The van der Waals surface area contributed by atoms with Gasteiger partial charge in [-0.2, -0.15) is 0 Å². The van der Waals surface area contributed by atoms with Gasteiger partial charge in [0.1, 0.15) is 0 Å². The van der Waals surface area contributed by atoms with Crippen molar-refractivity contribution in [1.82, 2.24) is 0 Å². The second-order valence-electron chi connectivity index (χ2n) is 10.2. The lowest BCUT2D eigenvalue weighted by molar-refractivity contribution is -0.172. The van der Waals surface area contributed by atoms with Gasteiger partial charge in [-0.3, -0.25) is 0 Å². The lowest BCUT2D eigenvalue weighted by Gasteiger charge is -2.39. The third kappa shape index (κ3) is 7.00. The third-order valence-corrected chi connectivity index (χ3v) is 11.5. The second-order valence-corrected chi connectivity index (χ2v) is 15.7. The van der Waals surface area contributed by atoms with Crippen molar-refractivity contribution in [2.24, 2.45) is 0 Å². The monoisotopic (exact) mass is 546 g/mol. The molecule has 170 valence electrons. The van der Waals surface area contributed by atoms with Gasteiger partial charge in [0.25, 0.3) is 0 Å². The van der Waals surface area contributed by atoms with E-state index in [1.54, 1.807) is 0 Å². The average molecular weight is 547 g/mol. The van der Waals surface area contributed by atoms with Crippen molar-refractivity contribution in [1.29, 1.82) is 0 Å². The Balaban J connectivity index is 1.68. The summed E-state index contributed by atoms with van der Waals surface area (Å²) in [5, 5.41) is 0. The topological polar surface area (TPSA) is 36.9 Å². The lowest BCUT2D eigenvalue weighted by atomic mass is 9.98. The minimum absolute atomic E-state index is 0.00761. The molecule has 0 amide bonds. The van der Waals surface area contributed by atoms with Gasteiger partial charge in [0, 0.05) is 11.1 Å². The molecule has 0 unspecified atom stereocenters. The molecule has 0 N–H and O–H groups in total. The van der Waals surface area contributed by atoms with Crippen LogP contribution in [0.3, 0.4) is 0 Å². The second kappa shape index (κ2) is 10.7. The molecule has 0 bridgehead atoms. The molecule has 30 heavy (non-hydrogen) atoms. The minimum atomic E-state index is -2.06. The first-order chi connectivity index (χ1) is 14.2. The van der Waals surface area contributed by atoms with Crippen molar-refractivity contribution in [3.63, 3.8) is 0 Å². The van der Waals surface area contributed by atoms with Crippen molar-refractivity contribution >= 4 is 30.9 Å². The Morgan fingerprint density at radius 1 is 1.07 bits per heavy atom. The van der Waals surface area contributed by atoms with Crippen molar-refractivity contribution in [2.45, 2.75) is 106 Å². The van der Waals surface area contributed by atoms with E-state index in [2.05, 4.69) is 80.7 Å². The van der Waals surface area contributed by atoms with Crippen LogP contribution in [-0.4, -0.2) is 42.9 Å². The molecule has 1 saturated heterocycles. The maximum atomic E-state index is 6.66. The number of hydrogen-bond acceptors (Lipinski definition) is 4. The van der Waals surface area contributed by atoms with E-state index < -0.39 is 8.32 Å². The number of rotatable bonds is 8. The SMILES string of the molecule is CC(C)(C)O[Si](C)(C)[C@H]1[C@H](I)[C@H](OC2CCCCC2)O[C@@H]1COCc1ccccc1. The summed E-state index contributed by atoms with van der Waals surface area (Å²) in [4.78, 5) is 0. The first kappa shape index (κ1) is 24.6. The highest BCUT2D eigenvalue weighted by Gasteiger charge is 2.54. The number of benzene rings is 1. The standard InChI is InChI=1S/C24H39IO4Si/c1-24(2,3)29-30(4,5)22-20(17-26-16-18-12-8-6-9-13-18)28-23(21(22)25)27-19-14-10-7-11-15-19/h6,8-9,12-13,19-23H,7,10-11,14-17H2,1-5H3/t20-,21+,22-,23-/m1/s1. The molecular weight excluding hydrogens is 507 g/mol. The molecule has 3 rings (SSSR count). The lowest BCUT2D eigenvalue weighted by Crippen LogP contribution is -2.49. The number of ether oxygens (including phenoxy) is 3. The van der Waals surface area contributed by atoms with Gasteiger partial charge in [-0.15, -0.1) is 0 Å². The Labute approximate surface area is 197 Å². The fourth-order valence-electron chi connectivity index (χ4n) is 4.90. The van der Waals surface area contributed by atoms with Crippen LogP contribution in [-0.2, 0) is 25.2 Å². The van der Waals surface area contributed by atoms with Gasteiger partial charge in [0.05, 0.1) is 29.3 Å². The summed E-state index contributed by atoms with van der Waals surface area (Å²) in [6.45, 7) is 12.3. The van der Waals surface area contributed by atoms with E-state index in [4.69, 9.17) is 18.6 Å². The largest absolute Gasteiger partial charge is 0.412 e. The molecule has 1 heterocycles. The molecular formula is C24H39IO4Si. The molecule has 2 aliphatic rings. The van der Waals surface area contributed by atoms with Crippen LogP contribution in [0.1, 0.15) is 58.4 Å². The molecule has 0 radical (unpaired) electrons. The molecule has 2 fully saturated rings. The number of hydrogen-bond donors (Lipinski definition) is 0. The molecule has 1 aromatic carbocycles. The Bertz CT molecular complexity index is 642. The summed E-state index contributed by atoms with van der Waals surface area (Å²) >= 11 is 2.56. The van der Waals surface area contributed by atoms with Crippen molar-refractivity contribution in [3.05, 3.63) is 35.9 Å². The fourth-order valence-corrected chi connectivity index (χ4v) is 12.0. The van der Waals surface area contributed by atoms with Crippen LogP contribution >= 0.6 is 22.6 Å². The predicted molar refractivity (Wildman–Crippen MR) is 133 cm³/mol. The van der Waals surface area contributed by atoms with E-state index in [-0.39, 0.29) is 21.9 Å². The van der Waals surface area contributed by atoms with E-state index in [9.17, 15) is 0 Å². The van der Waals surface area contributed by atoms with Crippen molar-refractivity contribution in [3.8, 4) is 0 Å². The van der Waals surface area contributed by atoms with Gasteiger partial charge in [-0.1, -0.05) is 72.2 Å². The van der Waals surface area contributed by atoms with Crippen LogP contribution < -0.4 is 0 Å². The van der Waals surface area contributed by atoms with E-state index >= 15 is 0 Å². The molecule has 0 spiro atoms. The van der Waals surface area contributed by atoms with Crippen LogP contribution in [0.4, 0.5) is 0 Å². The van der Waals surface area contributed by atoms with E-state index in [0.29, 0.717) is 24.9 Å². The summed E-state index contributed by atoms with van der Waals surface area (Å²) in [6.07, 6.45) is 6.35. The Morgan fingerprint density at radius 2 is 1.73 bits per heavy atom. The molecule has 4 atom stereocenters. The van der Waals surface area contributed by atoms with Gasteiger partial charge < -0.3 is 18.6 Å². The van der Waals surface area contributed by atoms with Gasteiger partial charge in [0.2, 0.25) is 0 Å². The molecule has 1 aromatic rings. The highest BCUT2D eigenvalue weighted by atomic mass is 127. The van der Waals surface area contributed by atoms with E-state index in [0.717, 1.165) is 12.8 Å². The smallest absolute Gasteiger partial charge is 0.194 e. The highest BCUT2D eigenvalue weighted by molar-refractivity contribution is 14.1. The van der Waals surface area contributed by atoms with Crippen LogP contribution in [0.5, 0.6) is 0 Å². The number of halogens is 1. The van der Waals surface area contributed by atoms with Crippen LogP contribution in [0.15, 0.2) is 30.3 Å². The first-order valence-corrected chi connectivity index (χ1v) is 15.7. The zero-order valence-corrected chi connectivity index (χ0v) is 22.4. The fraction of sp³-hybridized carbons (Fsp3) is 0.750. The summed E-state index contributed by atoms with van der Waals surface area (Å²) in [5.41, 5.74) is 1.35. The first-order valence-electron chi connectivity index (χ1n) is 11.4. The predicted octanol–water partition coefficient (Wildman–Crippen LogP) is 6.47. The summed E-state index contributed by atoms with van der Waals surface area (Å²) in [6, 6.07) is 10.3. The zero-order valence-electron chi connectivity index (χ0n) is 19.2. The third-order valence-electron chi connectivity index (χ3n) is 5.96. The van der Waals surface area contributed by atoms with E-state index in [1.807, 2.05) is 6.07 Å². The minimum Gasteiger partial charge on any atom is -0.412 e. The van der Waals surface area contributed by atoms with Crippen LogP contribution in [0.2, 0.25) is 18.6 Å². The van der Waals surface area contributed by atoms with Gasteiger partial charge in [-0.05, 0) is 52.3 Å². The summed E-state index contributed by atoms with van der Waals surface area (Å²) < 4.78 is 26.1. The number of alkyl halides is 1. The average Bonchev–Trinajstić information content (AvgIpc) is 2.97. The van der Waals surface area contributed by atoms with Gasteiger partial charge >= 0.3 is 0 Å². The molecule has 1 saturated carbocycles. The van der Waals surface area contributed by atoms with Crippen molar-refractivity contribution in [2.75, 3.05) is 6.61 Å².